The topological polar surface area (TPSA) is 120 Å². The van der Waals surface area contributed by atoms with Crippen molar-refractivity contribution in [3.8, 4) is 0 Å². The Morgan fingerprint density at radius 1 is 1.22 bits per heavy atom. The molecule has 0 saturated carbocycles. The number of thiazole rings is 1. The highest BCUT2D eigenvalue weighted by atomic mass is 32.1. The van der Waals surface area contributed by atoms with Gasteiger partial charge in [0.2, 0.25) is 5.91 Å². The van der Waals surface area contributed by atoms with Gasteiger partial charge in [-0.3, -0.25) is 9.59 Å². The molecule has 32 heavy (non-hydrogen) atoms. The van der Waals surface area contributed by atoms with Gasteiger partial charge in [0.1, 0.15) is 17.2 Å². The van der Waals surface area contributed by atoms with Gasteiger partial charge in [-0.2, -0.15) is 0 Å². The summed E-state index contributed by atoms with van der Waals surface area (Å²) in [6.07, 6.45) is -0.0569. The number of amides is 2. The van der Waals surface area contributed by atoms with Crippen LogP contribution >= 0.6 is 11.3 Å². The number of aliphatic hydroxyl groups excluding tert-OH is 1. The van der Waals surface area contributed by atoms with Crippen molar-refractivity contribution >= 4 is 29.1 Å². The zero-order chi connectivity index (χ0) is 24.8. The molecule has 1 aromatic heterocycles. The molecule has 9 nitrogen and oxygen atoms in total. The predicted octanol–water partition coefficient (Wildman–Crippen LogP) is 1.98. The van der Waals surface area contributed by atoms with E-state index in [-0.39, 0.29) is 48.4 Å². The molecule has 0 aliphatic rings. The molecule has 10 heteroatoms. The van der Waals surface area contributed by atoms with Gasteiger partial charge in [-0.25, -0.2) is 9.78 Å². The van der Waals surface area contributed by atoms with E-state index in [2.05, 4.69) is 10.3 Å². The van der Waals surface area contributed by atoms with E-state index in [1.54, 1.807) is 11.9 Å². The van der Waals surface area contributed by atoms with Crippen molar-refractivity contribution in [3.63, 3.8) is 0 Å². The van der Waals surface area contributed by atoms with Crippen LogP contribution < -0.4 is 5.32 Å². The Hall–Kier alpha value is -2.04. The number of nitrogens with one attached hydrogen (secondary N) is 1. The Morgan fingerprint density at radius 2 is 1.81 bits per heavy atom. The number of carboxylic acids is 1. The van der Waals surface area contributed by atoms with Gasteiger partial charge in [0.05, 0.1) is 21.1 Å². The van der Waals surface area contributed by atoms with Gasteiger partial charge in [0, 0.05) is 24.9 Å². The second kappa shape index (κ2) is 11.7. The van der Waals surface area contributed by atoms with Crippen LogP contribution in [-0.4, -0.2) is 89.2 Å². The van der Waals surface area contributed by atoms with Gasteiger partial charge in [0.15, 0.2) is 12.2 Å². The lowest BCUT2D eigenvalue weighted by atomic mass is 9.93. The number of carbonyl (C=O) groups is 3. The number of carbonyl (C=O) groups excluding carboxylic acids is 2. The maximum Gasteiger partial charge on any atom is 0.355 e. The highest BCUT2D eigenvalue weighted by Gasteiger charge is 2.34. The number of aliphatic hydroxyl groups is 1. The van der Waals surface area contributed by atoms with Gasteiger partial charge in [-0.15, -0.1) is 11.3 Å². The average Bonchev–Trinajstić information content (AvgIpc) is 3.17. The largest absolute Gasteiger partial charge is 0.476 e. The first-order valence-electron chi connectivity index (χ1n) is 10.9. The molecule has 0 radical (unpaired) electrons. The van der Waals surface area contributed by atoms with Gasteiger partial charge >= 0.3 is 5.97 Å². The van der Waals surface area contributed by atoms with Crippen molar-refractivity contribution in [2.45, 2.75) is 58.7 Å². The number of aromatic carboxylic acids is 1. The fourth-order valence-electron chi connectivity index (χ4n) is 3.46. The minimum absolute atomic E-state index is 0.0250. The number of hydrogen-bond donors (Lipinski definition) is 3. The van der Waals surface area contributed by atoms with Gasteiger partial charge in [0.25, 0.3) is 5.91 Å². The normalized spacial score (nSPS) is 15.7. The van der Waals surface area contributed by atoms with Crippen molar-refractivity contribution in [2.75, 3.05) is 34.7 Å². The number of nitrogens with zero attached hydrogens (tertiary/aromatic N) is 3. The standard InChI is InChI=1S/C22H38N4O5S/c1-9-14(4)19(24-18(28)11-26(6,7)8)21(29)25(5)16(13(2)3)10-17(27)20-23-15(12-32-20)22(30)31/h12-14,16-17,19,27H,9-11H2,1-8H3,(H-,24,28,30,31)/p+1/t14?,16-,17-,19+/m1/s1. The number of rotatable bonds is 12. The van der Waals surface area contributed by atoms with E-state index in [0.29, 0.717) is 9.49 Å². The Kier molecular flexibility index (Phi) is 10.2. The van der Waals surface area contributed by atoms with Crippen molar-refractivity contribution in [3.05, 3.63) is 16.1 Å². The zero-order valence-electron chi connectivity index (χ0n) is 20.5. The fraction of sp³-hybridized carbons (Fsp3) is 0.727. The summed E-state index contributed by atoms with van der Waals surface area (Å²) in [6, 6.07) is -0.988. The molecule has 0 saturated heterocycles. The highest BCUT2D eigenvalue weighted by Crippen LogP contribution is 2.27. The molecule has 0 spiro atoms. The minimum Gasteiger partial charge on any atom is -0.476 e. The lowest BCUT2D eigenvalue weighted by molar-refractivity contribution is -0.862. The van der Waals surface area contributed by atoms with Crippen LogP contribution in [0.15, 0.2) is 5.38 Å². The van der Waals surface area contributed by atoms with Crippen LogP contribution in [-0.2, 0) is 9.59 Å². The van der Waals surface area contributed by atoms with E-state index in [1.165, 1.54) is 5.38 Å². The average molecular weight is 472 g/mol. The first-order valence-corrected chi connectivity index (χ1v) is 11.8. The van der Waals surface area contributed by atoms with Crippen molar-refractivity contribution in [1.82, 2.24) is 15.2 Å². The Labute approximate surface area is 195 Å². The van der Waals surface area contributed by atoms with E-state index < -0.39 is 18.1 Å². The predicted molar refractivity (Wildman–Crippen MR) is 124 cm³/mol. The van der Waals surface area contributed by atoms with Gasteiger partial charge in [-0.1, -0.05) is 34.1 Å². The number of likely N-dealkylation sites (N-methyl/N-ethyl adjacent to an activating group) is 2. The van der Waals surface area contributed by atoms with Crippen LogP contribution in [0, 0.1) is 11.8 Å². The summed E-state index contributed by atoms with van der Waals surface area (Å²) in [5.74, 6) is -1.57. The molecule has 182 valence electrons. The molecule has 0 aliphatic heterocycles. The van der Waals surface area contributed by atoms with E-state index >= 15 is 0 Å². The highest BCUT2D eigenvalue weighted by molar-refractivity contribution is 7.09. The second-order valence-corrected chi connectivity index (χ2v) is 10.7. The fourth-order valence-corrected chi connectivity index (χ4v) is 4.25. The van der Waals surface area contributed by atoms with E-state index in [1.807, 2.05) is 48.8 Å². The van der Waals surface area contributed by atoms with Crippen molar-refractivity contribution in [1.29, 1.82) is 0 Å². The summed E-state index contributed by atoms with van der Waals surface area (Å²) in [6.45, 7) is 8.08. The molecule has 3 N–H and O–H groups in total. The van der Waals surface area contributed by atoms with Crippen LogP contribution in [0.2, 0.25) is 0 Å². The molecule has 0 bridgehead atoms. The molecule has 4 atom stereocenters. The minimum atomic E-state index is -1.14. The summed E-state index contributed by atoms with van der Waals surface area (Å²) < 4.78 is 0.454. The molecule has 0 aliphatic carbocycles. The Bertz CT molecular complexity index is 790. The van der Waals surface area contributed by atoms with Crippen molar-refractivity contribution < 1.29 is 29.1 Å². The molecule has 1 heterocycles. The summed E-state index contributed by atoms with van der Waals surface area (Å²) >= 11 is 1.08. The molecule has 2 amide bonds. The maximum atomic E-state index is 13.4. The summed E-state index contributed by atoms with van der Waals surface area (Å²) in [5, 5.41) is 24.4. The third-order valence-corrected chi connectivity index (χ3v) is 6.46. The molecule has 1 unspecified atom stereocenters. The van der Waals surface area contributed by atoms with Crippen LogP contribution in [0.3, 0.4) is 0 Å². The number of carboxylic acid groups (broad SMARTS) is 1. The van der Waals surface area contributed by atoms with Gasteiger partial charge in [-0.05, 0) is 11.8 Å². The summed E-state index contributed by atoms with van der Waals surface area (Å²) in [4.78, 5) is 42.6. The quantitative estimate of drug-likeness (QED) is 0.401. The zero-order valence-corrected chi connectivity index (χ0v) is 21.3. The van der Waals surface area contributed by atoms with Crippen molar-refractivity contribution in [2.24, 2.45) is 11.8 Å². The lowest BCUT2D eigenvalue weighted by Crippen LogP contribution is -2.56. The molecule has 0 aromatic carbocycles. The van der Waals surface area contributed by atoms with E-state index in [0.717, 1.165) is 17.8 Å². The third-order valence-electron chi connectivity index (χ3n) is 5.52. The molecular formula is C22H39N4O5S+. The number of aromatic nitrogens is 1. The second-order valence-electron chi connectivity index (χ2n) is 9.77. The Morgan fingerprint density at radius 3 is 2.25 bits per heavy atom. The first kappa shape index (κ1) is 28.0. The molecule has 0 fully saturated rings. The Balaban J connectivity index is 3.03. The van der Waals surface area contributed by atoms with Crippen LogP contribution in [0.1, 0.15) is 62.1 Å². The number of quaternary nitrogens is 1. The molecule has 1 rings (SSSR count). The third kappa shape index (κ3) is 8.14. The van der Waals surface area contributed by atoms with Crippen LogP contribution in [0.25, 0.3) is 0 Å². The smallest absolute Gasteiger partial charge is 0.355 e. The first-order chi connectivity index (χ1) is 14.7. The van der Waals surface area contributed by atoms with Crippen LogP contribution in [0.5, 0.6) is 0 Å². The lowest BCUT2D eigenvalue weighted by Gasteiger charge is -2.36. The van der Waals surface area contributed by atoms with E-state index in [9.17, 15) is 19.5 Å². The van der Waals surface area contributed by atoms with Crippen LogP contribution in [0.4, 0.5) is 0 Å². The molecule has 1 aromatic rings. The summed E-state index contributed by atoms with van der Waals surface area (Å²) in [7, 11) is 7.43. The number of hydrogen-bond acceptors (Lipinski definition) is 6. The van der Waals surface area contributed by atoms with Gasteiger partial charge < -0.3 is 24.9 Å². The van der Waals surface area contributed by atoms with E-state index in [4.69, 9.17) is 5.11 Å². The summed E-state index contributed by atoms with van der Waals surface area (Å²) in [5.41, 5.74) is -0.105. The maximum absolute atomic E-state index is 13.4. The monoisotopic (exact) mass is 471 g/mol. The molecular weight excluding hydrogens is 432 g/mol. The SMILES string of the molecule is CCC(C)[C@H](NC(=O)C[N+](C)(C)C)C(=O)N(C)[C@H](C[C@@H](O)c1nc(C(=O)O)cs1)C(C)C.